The summed E-state index contributed by atoms with van der Waals surface area (Å²) in [6.07, 6.45) is 0.589. The van der Waals surface area contributed by atoms with Crippen LogP contribution in [0.4, 0.5) is 5.69 Å². The third-order valence-electron chi connectivity index (χ3n) is 4.61. The van der Waals surface area contributed by atoms with Gasteiger partial charge in [-0.1, -0.05) is 30.3 Å². The summed E-state index contributed by atoms with van der Waals surface area (Å²) in [6, 6.07) is 12.4. The number of β-amino-alcohol motifs (C(OH)–C–C–N with tert-alkyl or cyclic N) is 1. The van der Waals surface area contributed by atoms with Gasteiger partial charge in [0.25, 0.3) is 0 Å². The molecule has 156 valence electrons. The smallest absolute Gasteiger partial charge is 0.309 e. The number of hydrogen-bond donors (Lipinski definition) is 4. The van der Waals surface area contributed by atoms with E-state index in [0.717, 1.165) is 11.1 Å². The van der Waals surface area contributed by atoms with E-state index in [1.807, 2.05) is 38.1 Å². The van der Waals surface area contributed by atoms with Crippen LogP contribution in [0.5, 0.6) is 5.75 Å². The van der Waals surface area contributed by atoms with Gasteiger partial charge in [0.1, 0.15) is 5.75 Å². The number of esters is 1. The van der Waals surface area contributed by atoms with Crippen LogP contribution in [0.25, 0.3) is 0 Å². The van der Waals surface area contributed by atoms with E-state index in [0.29, 0.717) is 24.9 Å². The van der Waals surface area contributed by atoms with Crippen LogP contribution >= 0.6 is 0 Å². The second kappa shape index (κ2) is 10.0. The van der Waals surface area contributed by atoms with E-state index in [9.17, 15) is 19.8 Å². The van der Waals surface area contributed by atoms with Gasteiger partial charge in [0.2, 0.25) is 6.41 Å². The molecule has 0 fully saturated rings. The van der Waals surface area contributed by atoms with Crippen LogP contribution in [0.15, 0.2) is 42.5 Å². The second-order valence-electron chi connectivity index (χ2n) is 7.57. The molecule has 0 unspecified atom stereocenters. The van der Waals surface area contributed by atoms with Crippen molar-refractivity contribution in [2.24, 2.45) is 0 Å². The maximum Gasteiger partial charge on any atom is 0.309 e. The summed E-state index contributed by atoms with van der Waals surface area (Å²) < 4.78 is 4.71. The van der Waals surface area contributed by atoms with Crippen molar-refractivity contribution in [2.75, 3.05) is 19.0 Å². The number of aromatic hydroxyl groups is 1. The Morgan fingerprint density at radius 3 is 2.62 bits per heavy atom. The van der Waals surface area contributed by atoms with Crippen LogP contribution in [0, 0.1) is 0 Å². The molecule has 0 heterocycles. The van der Waals surface area contributed by atoms with Gasteiger partial charge in [0.15, 0.2) is 0 Å². The van der Waals surface area contributed by atoms with E-state index in [1.54, 1.807) is 12.1 Å². The van der Waals surface area contributed by atoms with Crippen molar-refractivity contribution in [1.82, 2.24) is 5.32 Å². The van der Waals surface area contributed by atoms with Crippen molar-refractivity contribution in [3.05, 3.63) is 59.2 Å². The first kappa shape index (κ1) is 22.4. The third kappa shape index (κ3) is 6.89. The Kier molecular flexibility index (Phi) is 7.75. The third-order valence-corrected chi connectivity index (χ3v) is 4.61. The molecule has 29 heavy (non-hydrogen) atoms. The molecular weight excluding hydrogens is 372 g/mol. The first-order chi connectivity index (χ1) is 13.7. The lowest BCUT2D eigenvalue weighted by atomic mass is 9.93. The predicted molar refractivity (Wildman–Crippen MR) is 111 cm³/mol. The standard InChI is InChI=1S/C22H28N2O5/c1-22(2,12-16-6-4-5-15(9-16)10-21(28)29-3)24-13-20(27)17-7-8-19(26)18(11-17)23-14-25/h4-9,11,14,20,24,26-27H,10,12-13H2,1-3H3,(H,23,25)/t20-/m0/s1. The lowest BCUT2D eigenvalue weighted by molar-refractivity contribution is -0.139. The van der Waals surface area contributed by atoms with E-state index in [4.69, 9.17) is 4.74 Å². The zero-order valence-electron chi connectivity index (χ0n) is 16.9. The molecular formula is C22H28N2O5. The van der Waals surface area contributed by atoms with Gasteiger partial charge in [-0.25, -0.2) is 0 Å². The molecule has 1 amide bonds. The Morgan fingerprint density at radius 2 is 1.93 bits per heavy atom. The van der Waals surface area contributed by atoms with Crippen molar-refractivity contribution in [1.29, 1.82) is 0 Å². The quantitative estimate of drug-likeness (QED) is 0.277. The Bertz CT molecular complexity index is 851. The molecule has 0 radical (unpaired) electrons. The fourth-order valence-electron chi connectivity index (χ4n) is 3.09. The SMILES string of the molecule is COC(=O)Cc1cccc(CC(C)(C)NC[C@H](O)c2ccc(O)c(NC=O)c2)c1. The summed E-state index contributed by atoms with van der Waals surface area (Å²) in [5, 5.41) is 26.0. The van der Waals surface area contributed by atoms with Crippen molar-refractivity contribution in [2.45, 2.75) is 38.3 Å². The summed E-state index contributed by atoms with van der Waals surface area (Å²) in [5.41, 5.74) is 2.48. The number of carbonyl (C=O) groups is 2. The number of nitrogens with one attached hydrogen (secondary N) is 2. The summed E-state index contributed by atoms with van der Waals surface area (Å²) in [7, 11) is 1.37. The van der Waals surface area contributed by atoms with E-state index in [1.165, 1.54) is 13.2 Å². The Balaban J connectivity index is 1.99. The molecule has 7 heteroatoms. The highest BCUT2D eigenvalue weighted by atomic mass is 16.5. The zero-order chi connectivity index (χ0) is 21.4. The maximum atomic E-state index is 11.5. The van der Waals surface area contributed by atoms with E-state index in [-0.39, 0.29) is 29.4 Å². The zero-order valence-corrected chi connectivity index (χ0v) is 16.9. The molecule has 0 saturated carbocycles. The van der Waals surface area contributed by atoms with E-state index < -0.39 is 6.10 Å². The van der Waals surface area contributed by atoms with Crippen LogP contribution in [-0.2, 0) is 27.2 Å². The van der Waals surface area contributed by atoms with Crippen molar-refractivity contribution in [3.63, 3.8) is 0 Å². The second-order valence-corrected chi connectivity index (χ2v) is 7.57. The Hall–Kier alpha value is -2.90. The highest BCUT2D eigenvalue weighted by Crippen LogP contribution is 2.27. The molecule has 2 aromatic carbocycles. The van der Waals surface area contributed by atoms with Gasteiger partial charge in [0.05, 0.1) is 25.3 Å². The molecule has 0 aromatic heterocycles. The summed E-state index contributed by atoms with van der Waals surface area (Å²) in [5.74, 6) is -0.340. The van der Waals surface area contributed by atoms with E-state index >= 15 is 0 Å². The van der Waals surface area contributed by atoms with E-state index in [2.05, 4.69) is 10.6 Å². The minimum atomic E-state index is -0.812. The van der Waals surface area contributed by atoms with Crippen molar-refractivity contribution < 1.29 is 24.5 Å². The lowest BCUT2D eigenvalue weighted by Crippen LogP contribution is -2.43. The molecule has 0 saturated heterocycles. The minimum absolute atomic E-state index is 0.0619. The number of hydrogen-bond acceptors (Lipinski definition) is 6. The predicted octanol–water partition coefficient (Wildman–Crippen LogP) is 2.32. The number of amides is 1. The topological polar surface area (TPSA) is 108 Å². The highest BCUT2D eigenvalue weighted by Gasteiger charge is 2.20. The number of carbonyl (C=O) groups excluding carboxylic acids is 2. The minimum Gasteiger partial charge on any atom is -0.506 e. The Morgan fingerprint density at radius 1 is 1.21 bits per heavy atom. The number of aliphatic hydroxyl groups excluding tert-OH is 1. The molecule has 0 aliphatic carbocycles. The summed E-state index contributed by atoms with van der Waals surface area (Å²) in [4.78, 5) is 22.1. The average molecular weight is 400 g/mol. The van der Waals surface area contributed by atoms with Gasteiger partial charge >= 0.3 is 5.97 Å². The van der Waals surface area contributed by atoms with Gasteiger partial charge < -0.3 is 25.6 Å². The van der Waals surface area contributed by atoms with Crippen LogP contribution in [0.3, 0.4) is 0 Å². The number of ether oxygens (including phenoxy) is 1. The van der Waals surface area contributed by atoms with Crippen LogP contribution in [0.1, 0.15) is 36.6 Å². The summed E-state index contributed by atoms with van der Waals surface area (Å²) in [6.45, 7) is 4.35. The molecule has 2 rings (SSSR count). The number of phenolic OH excluding ortho intramolecular Hbond substituents is 1. The number of methoxy groups -OCH3 is 1. The average Bonchev–Trinajstić information content (AvgIpc) is 2.68. The maximum absolute atomic E-state index is 11.5. The largest absolute Gasteiger partial charge is 0.506 e. The van der Waals surface area contributed by atoms with Crippen LogP contribution in [0.2, 0.25) is 0 Å². The first-order valence-electron chi connectivity index (χ1n) is 9.35. The fraction of sp³-hybridized carbons (Fsp3) is 0.364. The molecule has 0 aliphatic rings. The summed E-state index contributed by atoms with van der Waals surface area (Å²) >= 11 is 0. The van der Waals surface area contributed by atoms with Crippen molar-refractivity contribution in [3.8, 4) is 5.75 Å². The molecule has 2 aromatic rings. The molecule has 0 bridgehead atoms. The van der Waals surface area contributed by atoms with Gasteiger partial charge in [-0.05, 0) is 49.1 Å². The Labute approximate surface area is 170 Å². The van der Waals surface area contributed by atoms with Gasteiger partial charge in [-0.15, -0.1) is 0 Å². The molecule has 0 spiro atoms. The van der Waals surface area contributed by atoms with Gasteiger partial charge in [-0.2, -0.15) is 0 Å². The van der Waals surface area contributed by atoms with Crippen LogP contribution in [-0.4, -0.2) is 41.8 Å². The fourth-order valence-corrected chi connectivity index (χ4v) is 3.09. The number of anilines is 1. The van der Waals surface area contributed by atoms with Crippen molar-refractivity contribution >= 4 is 18.1 Å². The number of rotatable bonds is 10. The molecule has 4 N–H and O–H groups in total. The number of phenols is 1. The monoisotopic (exact) mass is 400 g/mol. The molecule has 7 nitrogen and oxygen atoms in total. The highest BCUT2D eigenvalue weighted by molar-refractivity contribution is 5.75. The normalized spacial score (nSPS) is 12.3. The number of aliphatic hydroxyl groups is 1. The lowest BCUT2D eigenvalue weighted by Gasteiger charge is -2.28. The number of benzene rings is 2. The first-order valence-corrected chi connectivity index (χ1v) is 9.35. The van der Waals surface area contributed by atoms with Gasteiger partial charge in [0, 0.05) is 12.1 Å². The molecule has 1 atom stereocenters. The van der Waals surface area contributed by atoms with Crippen LogP contribution < -0.4 is 10.6 Å². The molecule has 0 aliphatic heterocycles. The van der Waals surface area contributed by atoms with Gasteiger partial charge in [-0.3, -0.25) is 9.59 Å².